The summed E-state index contributed by atoms with van der Waals surface area (Å²) in [5, 5.41) is 6.00. The highest BCUT2D eigenvalue weighted by atomic mass is 79.9. The van der Waals surface area contributed by atoms with Crippen molar-refractivity contribution in [1.82, 2.24) is 10.2 Å². The first-order valence-electron chi connectivity index (χ1n) is 6.44. The lowest BCUT2D eigenvalue weighted by Gasteiger charge is -2.46. The molecule has 0 saturated carbocycles. The van der Waals surface area contributed by atoms with Gasteiger partial charge < -0.3 is 10.2 Å². The lowest BCUT2D eigenvalue weighted by molar-refractivity contribution is 0.0682. The largest absolute Gasteiger partial charge is 0.305 e. The van der Waals surface area contributed by atoms with E-state index in [1.807, 2.05) is 11.3 Å². The summed E-state index contributed by atoms with van der Waals surface area (Å²) in [7, 11) is 0. The van der Waals surface area contributed by atoms with Gasteiger partial charge in [-0.25, -0.2) is 0 Å². The van der Waals surface area contributed by atoms with Crippen LogP contribution in [-0.2, 0) is 0 Å². The van der Waals surface area contributed by atoms with Gasteiger partial charge >= 0.3 is 0 Å². The highest BCUT2D eigenvalue weighted by Gasteiger charge is 2.34. The van der Waals surface area contributed by atoms with Gasteiger partial charge in [-0.2, -0.15) is 0 Å². The Morgan fingerprint density at radius 1 is 1.47 bits per heavy atom. The molecular weight excluding hydrogens is 296 g/mol. The molecule has 4 heteroatoms. The maximum absolute atomic E-state index is 3.83. The zero-order valence-electron chi connectivity index (χ0n) is 10.2. The van der Waals surface area contributed by atoms with Gasteiger partial charge in [0.25, 0.3) is 0 Å². The average Bonchev–Trinajstić information content (AvgIpc) is 2.77. The molecular formula is C13H19BrN2S. The van der Waals surface area contributed by atoms with Gasteiger partial charge in [-0.1, -0.05) is 0 Å². The van der Waals surface area contributed by atoms with Crippen molar-refractivity contribution in [3.63, 3.8) is 0 Å². The Morgan fingerprint density at radius 3 is 2.76 bits per heavy atom. The third-order valence-electron chi connectivity index (χ3n) is 4.13. The van der Waals surface area contributed by atoms with Gasteiger partial charge in [-0.15, -0.1) is 11.3 Å². The van der Waals surface area contributed by atoms with E-state index in [9.17, 15) is 0 Å². The first kappa shape index (κ1) is 12.2. The molecule has 3 saturated heterocycles. The molecule has 0 aliphatic carbocycles. The number of thiophene rings is 1. The molecule has 94 valence electrons. The molecule has 3 aliphatic rings. The van der Waals surface area contributed by atoms with Gasteiger partial charge in [-0.05, 0) is 60.8 Å². The van der Waals surface area contributed by atoms with Gasteiger partial charge in [0.1, 0.15) is 0 Å². The third-order valence-corrected chi connectivity index (χ3v) is 6.01. The maximum Gasteiger partial charge on any atom is 0.0389 e. The molecule has 1 aromatic rings. The van der Waals surface area contributed by atoms with Crippen LogP contribution in [0.1, 0.15) is 30.7 Å². The summed E-state index contributed by atoms with van der Waals surface area (Å²) in [4.78, 5) is 4.04. The zero-order chi connectivity index (χ0) is 11.8. The summed E-state index contributed by atoms with van der Waals surface area (Å²) < 4.78 is 1.21. The van der Waals surface area contributed by atoms with Gasteiger partial charge in [0.2, 0.25) is 0 Å². The van der Waals surface area contributed by atoms with Crippen LogP contribution in [0, 0.1) is 5.92 Å². The van der Waals surface area contributed by atoms with Crippen LogP contribution in [0.4, 0.5) is 0 Å². The molecule has 0 aromatic carbocycles. The summed E-state index contributed by atoms with van der Waals surface area (Å²) in [6, 6.07) is 3.43. The fourth-order valence-electron chi connectivity index (χ4n) is 3.11. The monoisotopic (exact) mass is 314 g/mol. The predicted molar refractivity (Wildman–Crippen MR) is 76.5 cm³/mol. The van der Waals surface area contributed by atoms with Crippen LogP contribution in [0.5, 0.6) is 0 Å². The van der Waals surface area contributed by atoms with Crippen LogP contribution in [-0.4, -0.2) is 30.6 Å². The Hall–Kier alpha value is 0.1000. The Morgan fingerprint density at radius 2 is 2.24 bits per heavy atom. The lowest BCUT2D eigenvalue weighted by atomic mass is 9.83. The molecule has 4 rings (SSSR count). The highest BCUT2D eigenvalue weighted by molar-refractivity contribution is 9.10. The van der Waals surface area contributed by atoms with Crippen LogP contribution >= 0.6 is 27.3 Å². The number of piperidine rings is 3. The molecule has 17 heavy (non-hydrogen) atoms. The first-order chi connectivity index (χ1) is 8.22. The molecule has 0 spiro atoms. The molecule has 3 fully saturated rings. The van der Waals surface area contributed by atoms with E-state index in [1.54, 1.807) is 0 Å². The number of halogens is 1. The van der Waals surface area contributed by atoms with Crippen molar-refractivity contribution in [3.05, 3.63) is 20.8 Å². The van der Waals surface area contributed by atoms with Crippen molar-refractivity contribution in [2.24, 2.45) is 5.92 Å². The van der Waals surface area contributed by atoms with E-state index in [4.69, 9.17) is 0 Å². The molecule has 1 aromatic heterocycles. The van der Waals surface area contributed by atoms with E-state index in [1.165, 1.54) is 41.8 Å². The predicted octanol–water partition coefficient (Wildman–Crippen LogP) is 3.26. The first-order valence-corrected chi connectivity index (χ1v) is 8.12. The topological polar surface area (TPSA) is 15.3 Å². The van der Waals surface area contributed by atoms with Crippen molar-refractivity contribution >= 4 is 27.3 Å². The molecule has 3 aliphatic heterocycles. The highest BCUT2D eigenvalue weighted by Crippen LogP contribution is 2.31. The summed E-state index contributed by atoms with van der Waals surface area (Å²) in [5.41, 5.74) is 0. The second-order valence-corrected chi connectivity index (χ2v) is 7.16. The molecule has 4 heterocycles. The van der Waals surface area contributed by atoms with Gasteiger partial charge in [0.15, 0.2) is 0 Å². The van der Waals surface area contributed by atoms with Crippen molar-refractivity contribution in [2.45, 2.75) is 31.8 Å². The van der Waals surface area contributed by atoms with Crippen LogP contribution < -0.4 is 5.32 Å². The summed E-state index contributed by atoms with van der Waals surface area (Å²) in [6.45, 7) is 6.18. The van der Waals surface area contributed by atoms with E-state index in [0.717, 1.165) is 5.92 Å². The number of hydrogen-bond acceptors (Lipinski definition) is 3. The minimum absolute atomic E-state index is 0.483. The van der Waals surface area contributed by atoms with Crippen LogP contribution in [0.25, 0.3) is 0 Å². The van der Waals surface area contributed by atoms with Crippen molar-refractivity contribution in [3.8, 4) is 0 Å². The SMILES string of the molecule is CC(NC1CN2CCC1CC2)c1cc(Br)cs1. The average molecular weight is 315 g/mol. The minimum Gasteiger partial charge on any atom is -0.305 e. The fourth-order valence-corrected chi connectivity index (χ4v) is 4.57. The molecule has 2 nitrogen and oxygen atoms in total. The van der Waals surface area contributed by atoms with E-state index in [0.29, 0.717) is 12.1 Å². The molecule has 2 atom stereocenters. The van der Waals surface area contributed by atoms with E-state index in [-0.39, 0.29) is 0 Å². The van der Waals surface area contributed by atoms with Crippen LogP contribution in [0.2, 0.25) is 0 Å². The van der Waals surface area contributed by atoms with Gasteiger partial charge in [0, 0.05) is 33.4 Å². The van der Waals surface area contributed by atoms with E-state index < -0.39 is 0 Å². The Labute approximate surface area is 116 Å². The molecule has 0 amide bonds. The smallest absolute Gasteiger partial charge is 0.0389 e. The Bertz CT molecular complexity index is 385. The van der Waals surface area contributed by atoms with Gasteiger partial charge in [-0.3, -0.25) is 0 Å². The van der Waals surface area contributed by atoms with Gasteiger partial charge in [0.05, 0.1) is 0 Å². The fraction of sp³-hybridized carbons (Fsp3) is 0.692. The number of nitrogens with zero attached hydrogens (tertiary/aromatic N) is 1. The zero-order valence-corrected chi connectivity index (χ0v) is 12.6. The number of rotatable bonds is 3. The van der Waals surface area contributed by atoms with E-state index in [2.05, 4.69) is 44.5 Å². The molecule has 0 radical (unpaired) electrons. The Balaban J connectivity index is 1.63. The van der Waals surface area contributed by atoms with Crippen molar-refractivity contribution in [1.29, 1.82) is 0 Å². The summed E-state index contributed by atoms with van der Waals surface area (Å²) >= 11 is 5.38. The normalized spacial score (nSPS) is 33.9. The maximum atomic E-state index is 3.83. The Kier molecular flexibility index (Phi) is 3.57. The minimum atomic E-state index is 0.483. The number of nitrogens with one attached hydrogen (secondary N) is 1. The molecule has 1 N–H and O–H groups in total. The molecule has 2 unspecified atom stereocenters. The second kappa shape index (κ2) is 5.00. The van der Waals surface area contributed by atoms with Crippen LogP contribution in [0.3, 0.4) is 0 Å². The second-order valence-electron chi connectivity index (χ2n) is 5.30. The standard InChI is InChI=1S/C13H19BrN2S/c1-9(13-6-11(14)8-17-13)15-12-7-16-4-2-10(12)3-5-16/h6,8-10,12,15H,2-5,7H2,1H3. The summed E-state index contributed by atoms with van der Waals surface area (Å²) in [6.07, 6.45) is 2.77. The third kappa shape index (κ3) is 2.60. The quantitative estimate of drug-likeness (QED) is 0.921. The van der Waals surface area contributed by atoms with Crippen molar-refractivity contribution in [2.75, 3.05) is 19.6 Å². The van der Waals surface area contributed by atoms with E-state index >= 15 is 0 Å². The summed E-state index contributed by atoms with van der Waals surface area (Å²) in [5.74, 6) is 0.908. The van der Waals surface area contributed by atoms with Crippen LogP contribution in [0.15, 0.2) is 15.9 Å². The van der Waals surface area contributed by atoms with Crippen molar-refractivity contribution < 1.29 is 0 Å². The number of hydrogen-bond donors (Lipinski definition) is 1. The molecule has 2 bridgehead atoms. The lowest BCUT2D eigenvalue weighted by Crippen LogP contribution is -2.56. The number of fused-ring (bicyclic) bond motifs is 3.